The smallest absolute Gasteiger partial charge is 0.335 e. The van der Waals surface area contributed by atoms with Crippen molar-refractivity contribution in [3.63, 3.8) is 0 Å². The Labute approximate surface area is 80.1 Å². The first kappa shape index (κ1) is 12.4. The van der Waals surface area contributed by atoms with E-state index < -0.39 is 11.6 Å². The molecule has 0 saturated heterocycles. The Morgan fingerprint density at radius 2 is 1.85 bits per heavy atom. The molecule has 0 heterocycles. The summed E-state index contributed by atoms with van der Waals surface area (Å²) in [5, 5.41) is 9.00. The average Bonchev–Trinajstić information content (AvgIpc) is 2.13. The van der Waals surface area contributed by atoms with E-state index in [0.717, 1.165) is 12.8 Å². The van der Waals surface area contributed by atoms with Crippen LogP contribution in [-0.4, -0.2) is 23.3 Å². The second-order valence-corrected chi connectivity index (χ2v) is 3.21. The number of hydrogen-bond acceptors (Lipinski definition) is 2. The molecule has 13 heavy (non-hydrogen) atoms. The fourth-order valence-corrected chi connectivity index (χ4v) is 1.23. The van der Waals surface area contributed by atoms with Crippen molar-refractivity contribution < 1.29 is 14.6 Å². The molecular weight excluding hydrogens is 168 g/mol. The van der Waals surface area contributed by atoms with Gasteiger partial charge in [0.1, 0.15) is 0 Å². The van der Waals surface area contributed by atoms with Gasteiger partial charge in [-0.3, -0.25) is 0 Å². The lowest BCUT2D eigenvalue weighted by Crippen LogP contribution is -2.40. The van der Waals surface area contributed by atoms with Crippen LogP contribution in [-0.2, 0) is 9.53 Å². The Kier molecular flexibility index (Phi) is 5.71. The van der Waals surface area contributed by atoms with Crippen LogP contribution >= 0.6 is 0 Å². The molecule has 0 aromatic rings. The Bertz CT molecular complexity index is 150. The molecule has 3 heteroatoms. The summed E-state index contributed by atoms with van der Waals surface area (Å²) in [6.45, 7) is 6.31. The molecule has 0 aliphatic heterocycles. The molecular formula is C10H20O3. The molecule has 78 valence electrons. The monoisotopic (exact) mass is 188 g/mol. The zero-order valence-corrected chi connectivity index (χ0v) is 8.80. The largest absolute Gasteiger partial charge is 0.479 e. The predicted octanol–water partition coefficient (Wildman–Crippen LogP) is 2.45. The third-order valence-corrected chi connectivity index (χ3v) is 2.41. The third-order valence-electron chi connectivity index (χ3n) is 2.41. The number of rotatable bonds is 7. The van der Waals surface area contributed by atoms with Crippen LogP contribution in [0.4, 0.5) is 0 Å². The van der Waals surface area contributed by atoms with E-state index in [0.29, 0.717) is 19.4 Å². The van der Waals surface area contributed by atoms with Crippen LogP contribution in [0.3, 0.4) is 0 Å². The van der Waals surface area contributed by atoms with Crippen molar-refractivity contribution in [2.45, 2.75) is 52.1 Å². The van der Waals surface area contributed by atoms with Gasteiger partial charge in [-0.15, -0.1) is 0 Å². The first-order chi connectivity index (χ1) is 6.13. The topological polar surface area (TPSA) is 46.5 Å². The van der Waals surface area contributed by atoms with Gasteiger partial charge in [-0.2, -0.15) is 0 Å². The number of ether oxygens (including phenoxy) is 1. The highest BCUT2D eigenvalue weighted by atomic mass is 16.5. The average molecular weight is 188 g/mol. The van der Waals surface area contributed by atoms with E-state index in [1.54, 1.807) is 0 Å². The highest BCUT2D eigenvalue weighted by molar-refractivity contribution is 5.77. The van der Waals surface area contributed by atoms with Crippen molar-refractivity contribution in [1.82, 2.24) is 0 Å². The first-order valence-corrected chi connectivity index (χ1v) is 5.00. The molecule has 3 nitrogen and oxygen atoms in total. The molecule has 0 amide bonds. The van der Waals surface area contributed by atoms with Gasteiger partial charge in [0, 0.05) is 6.61 Å². The third kappa shape index (κ3) is 3.35. The Balaban J connectivity index is 4.14. The molecule has 0 atom stereocenters. The summed E-state index contributed by atoms with van der Waals surface area (Å²) in [6.07, 6.45) is 3.02. The minimum atomic E-state index is -0.949. The summed E-state index contributed by atoms with van der Waals surface area (Å²) >= 11 is 0. The molecule has 0 aliphatic rings. The zero-order chi connectivity index (χ0) is 10.3. The molecule has 0 spiro atoms. The van der Waals surface area contributed by atoms with Crippen molar-refractivity contribution in [2.75, 3.05) is 6.61 Å². The quantitative estimate of drug-likeness (QED) is 0.624. The first-order valence-electron chi connectivity index (χ1n) is 5.00. The van der Waals surface area contributed by atoms with Gasteiger partial charge in [-0.25, -0.2) is 4.79 Å². The summed E-state index contributed by atoms with van der Waals surface area (Å²) in [5.41, 5.74) is -0.949. The number of carbonyl (C=O) groups is 1. The van der Waals surface area contributed by atoms with E-state index in [1.165, 1.54) is 0 Å². The molecule has 0 aromatic carbocycles. The van der Waals surface area contributed by atoms with Crippen LogP contribution in [0.1, 0.15) is 46.5 Å². The molecule has 0 aromatic heterocycles. The zero-order valence-electron chi connectivity index (χ0n) is 8.80. The molecule has 0 unspecified atom stereocenters. The van der Waals surface area contributed by atoms with Gasteiger partial charge in [0.05, 0.1) is 0 Å². The maximum Gasteiger partial charge on any atom is 0.335 e. The number of aliphatic carboxylic acids is 1. The predicted molar refractivity (Wildman–Crippen MR) is 51.8 cm³/mol. The minimum absolute atomic E-state index is 0.530. The normalized spacial score (nSPS) is 11.6. The lowest BCUT2D eigenvalue weighted by atomic mass is 9.97. The molecule has 0 radical (unpaired) electrons. The molecule has 0 saturated carbocycles. The van der Waals surface area contributed by atoms with E-state index in [-0.39, 0.29) is 0 Å². The highest BCUT2D eigenvalue weighted by Crippen LogP contribution is 2.21. The molecule has 1 N–H and O–H groups in total. The summed E-state index contributed by atoms with van der Waals surface area (Å²) in [4.78, 5) is 11.0. The van der Waals surface area contributed by atoms with Crippen LogP contribution < -0.4 is 0 Å². The second kappa shape index (κ2) is 5.97. The summed E-state index contributed by atoms with van der Waals surface area (Å²) in [7, 11) is 0. The molecule has 0 bridgehead atoms. The highest BCUT2D eigenvalue weighted by Gasteiger charge is 2.35. The van der Waals surface area contributed by atoms with Crippen molar-refractivity contribution >= 4 is 5.97 Å². The summed E-state index contributed by atoms with van der Waals surface area (Å²) in [5.74, 6) is -0.839. The lowest BCUT2D eigenvalue weighted by Gasteiger charge is -2.26. The van der Waals surface area contributed by atoms with Gasteiger partial charge in [0.25, 0.3) is 0 Å². The van der Waals surface area contributed by atoms with Crippen molar-refractivity contribution in [3.05, 3.63) is 0 Å². The van der Waals surface area contributed by atoms with Crippen LogP contribution in [0.25, 0.3) is 0 Å². The minimum Gasteiger partial charge on any atom is -0.479 e. The maximum atomic E-state index is 11.0. The number of carboxylic acids is 1. The SMILES string of the molecule is CCCCOC(CC)(CC)C(=O)O. The van der Waals surface area contributed by atoms with E-state index in [1.807, 2.05) is 13.8 Å². The molecule has 0 aliphatic carbocycles. The van der Waals surface area contributed by atoms with Crippen LogP contribution in [0.5, 0.6) is 0 Å². The molecule has 0 rings (SSSR count). The van der Waals surface area contributed by atoms with Crippen LogP contribution in [0, 0.1) is 0 Å². The number of carboxylic acid groups (broad SMARTS) is 1. The maximum absolute atomic E-state index is 11.0. The fraction of sp³-hybridized carbons (Fsp3) is 0.900. The van der Waals surface area contributed by atoms with Crippen molar-refractivity contribution in [3.8, 4) is 0 Å². The second-order valence-electron chi connectivity index (χ2n) is 3.21. The number of hydrogen-bond donors (Lipinski definition) is 1. The van der Waals surface area contributed by atoms with Crippen LogP contribution in [0.2, 0.25) is 0 Å². The van der Waals surface area contributed by atoms with Gasteiger partial charge in [-0.05, 0) is 19.3 Å². The molecule has 0 fully saturated rings. The Morgan fingerprint density at radius 3 is 2.15 bits per heavy atom. The van der Waals surface area contributed by atoms with Gasteiger partial charge >= 0.3 is 5.97 Å². The van der Waals surface area contributed by atoms with E-state index in [9.17, 15) is 4.79 Å². The van der Waals surface area contributed by atoms with Crippen molar-refractivity contribution in [1.29, 1.82) is 0 Å². The van der Waals surface area contributed by atoms with Crippen LogP contribution in [0.15, 0.2) is 0 Å². The Morgan fingerprint density at radius 1 is 1.31 bits per heavy atom. The van der Waals surface area contributed by atoms with Gasteiger partial charge in [-0.1, -0.05) is 27.2 Å². The van der Waals surface area contributed by atoms with Gasteiger partial charge < -0.3 is 9.84 Å². The van der Waals surface area contributed by atoms with Gasteiger partial charge in [0.15, 0.2) is 5.60 Å². The fourth-order valence-electron chi connectivity index (χ4n) is 1.23. The van der Waals surface area contributed by atoms with E-state index >= 15 is 0 Å². The van der Waals surface area contributed by atoms with Crippen molar-refractivity contribution in [2.24, 2.45) is 0 Å². The summed E-state index contributed by atoms with van der Waals surface area (Å²) < 4.78 is 5.43. The standard InChI is InChI=1S/C10H20O3/c1-4-7-8-13-10(5-2,6-3)9(11)12/h4-8H2,1-3H3,(H,11,12). The van der Waals surface area contributed by atoms with E-state index in [2.05, 4.69) is 6.92 Å². The summed E-state index contributed by atoms with van der Waals surface area (Å²) in [6, 6.07) is 0. The lowest BCUT2D eigenvalue weighted by molar-refractivity contribution is -0.167. The Hall–Kier alpha value is -0.570. The van der Waals surface area contributed by atoms with E-state index in [4.69, 9.17) is 9.84 Å². The number of unbranched alkanes of at least 4 members (excludes halogenated alkanes) is 1. The van der Waals surface area contributed by atoms with Gasteiger partial charge in [0.2, 0.25) is 0 Å².